The molecule has 19 heavy (non-hydrogen) atoms. The van der Waals surface area contributed by atoms with Crippen LogP contribution in [0.4, 0.5) is 18.9 Å². The Kier molecular flexibility index (Phi) is 4.43. The number of nitrogens with one attached hydrogen (secondary N) is 1. The molecule has 0 fully saturated rings. The van der Waals surface area contributed by atoms with Crippen LogP contribution in [-0.2, 0) is 4.84 Å². The fourth-order valence-electron chi connectivity index (χ4n) is 1.25. The van der Waals surface area contributed by atoms with Gasteiger partial charge >= 0.3 is 6.18 Å². The summed E-state index contributed by atoms with van der Waals surface area (Å²) in [6, 6.07) is 3.35. The number of amides is 1. The lowest BCUT2D eigenvalue weighted by Crippen LogP contribution is -2.29. The maximum atomic E-state index is 11.8. The monoisotopic (exact) mass is 278 g/mol. The molecule has 0 aromatic heterocycles. The lowest BCUT2D eigenvalue weighted by Gasteiger charge is -2.09. The van der Waals surface area contributed by atoms with Crippen molar-refractivity contribution in [3.63, 3.8) is 0 Å². The van der Waals surface area contributed by atoms with Crippen molar-refractivity contribution >= 4 is 11.6 Å². The van der Waals surface area contributed by atoms with Crippen LogP contribution in [0.5, 0.6) is 0 Å². The van der Waals surface area contributed by atoms with Crippen molar-refractivity contribution in [3.8, 4) is 0 Å². The summed E-state index contributed by atoms with van der Waals surface area (Å²) >= 11 is 0. The van der Waals surface area contributed by atoms with E-state index in [1.165, 1.54) is 6.92 Å². The van der Waals surface area contributed by atoms with E-state index in [1.54, 1.807) is 5.48 Å². The van der Waals surface area contributed by atoms with Crippen LogP contribution in [0.1, 0.15) is 15.9 Å². The molecule has 0 aliphatic carbocycles. The molecule has 1 aromatic rings. The molecule has 9 heteroatoms. The van der Waals surface area contributed by atoms with Crippen LogP contribution in [-0.4, -0.2) is 23.6 Å². The SMILES string of the molecule is Cc1cc([N+](=O)[O-])ccc1C(=O)NOCC(F)(F)F. The molecule has 0 aliphatic heterocycles. The molecule has 0 aliphatic rings. The summed E-state index contributed by atoms with van der Waals surface area (Å²) in [7, 11) is 0. The van der Waals surface area contributed by atoms with Crippen molar-refractivity contribution in [2.24, 2.45) is 0 Å². The minimum absolute atomic E-state index is 0.00669. The van der Waals surface area contributed by atoms with Crippen LogP contribution in [0.25, 0.3) is 0 Å². The summed E-state index contributed by atoms with van der Waals surface area (Å²) in [4.78, 5) is 25.3. The van der Waals surface area contributed by atoms with E-state index in [0.717, 1.165) is 18.2 Å². The van der Waals surface area contributed by atoms with Gasteiger partial charge in [0, 0.05) is 17.7 Å². The van der Waals surface area contributed by atoms with Gasteiger partial charge in [-0.1, -0.05) is 0 Å². The summed E-state index contributed by atoms with van der Waals surface area (Å²) in [5.41, 5.74) is 1.64. The van der Waals surface area contributed by atoms with Crippen LogP contribution in [0.3, 0.4) is 0 Å². The van der Waals surface area contributed by atoms with Gasteiger partial charge in [-0.3, -0.25) is 19.7 Å². The summed E-state index contributed by atoms with van der Waals surface area (Å²) in [5.74, 6) is -0.906. The molecule has 0 saturated heterocycles. The molecule has 0 atom stereocenters. The van der Waals surface area contributed by atoms with Crippen LogP contribution < -0.4 is 5.48 Å². The first-order valence-corrected chi connectivity index (χ1v) is 4.94. The van der Waals surface area contributed by atoms with Gasteiger partial charge in [0.25, 0.3) is 11.6 Å². The van der Waals surface area contributed by atoms with Gasteiger partial charge in [-0.25, -0.2) is 5.48 Å². The fourth-order valence-corrected chi connectivity index (χ4v) is 1.25. The largest absolute Gasteiger partial charge is 0.414 e. The van der Waals surface area contributed by atoms with E-state index in [2.05, 4.69) is 4.84 Å². The summed E-state index contributed by atoms with van der Waals surface area (Å²) in [5, 5.41) is 10.5. The Morgan fingerprint density at radius 2 is 2.11 bits per heavy atom. The first-order valence-electron chi connectivity index (χ1n) is 4.94. The number of carbonyl (C=O) groups excluding carboxylic acids is 1. The number of alkyl halides is 3. The smallest absolute Gasteiger partial charge is 0.267 e. The fraction of sp³-hybridized carbons (Fsp3) is 0.300. The first kappa shape index (κ1) is 14.9. The van der Waals surface area contributed by atoms with Crippen molar-refractivity contribution in [2.45, 2.75) is 13.1 Å². The van der Waals surface area contributed by atoms with Crippen molar-refractivity contribution in [2.75, 3.05) is 6.61 Å². The Balaban J connectivity index is 2.70. The van der Waals surface area contributed by atoms with Gasteiger partial charge in [-0.2, -0.15) is 13.2 Å². The van der Waals surface area contributed by atoms with E-state index in [1.807, 2.05) is 0 Å². The third kappa shape index (κ3) is 4.54. The average Bonchev–Trinajstić information content (AvgIpc) is 2.26. The molecule has 1 N–H and O–H groups in total. The minimum Gasteiger partial charge on any atom is -0.267 e. The van der Waals surface area contributed by atoms with Gasteiger partial charge in [0.15, 0.2) is 6.61 Å². The number of hydroxylamine groups is 1. The summed E-state index contributed by atoms with van der Waals surface area (Å²) < 4.78 is 35.3. The molecular formula is C10H9F3N2O4. The van der Waals surface area contributed by atoms with Gasteiger partial charge in [0.2, 0.25) is 0 Å². The van der Waals surface area contributed by atoms with Crippen molar-refractivity contribution < 1.29 is 27.7 Å². The quantitative estimate of drug-likeness (QED) is 0.675. The normalized spacial score (nSPS) is 11.2. The minimum atomic E-state index is -4.56. The number of halogens is 3. The molecule has 0 bridgehead atoms. The van der Waals surface area contributed by atoms with Gasteiger partial charge in [-0.05, 0) is 18.6 Å². The number of carbonyl (C=O) groups is 1. The molecule has 0 heterocycles. The zero-order valence-corrected chi connectivity index (χ0v) is 9.65. The van der Waals surface area contributed by atoms with E-state index in [9.17, 15) is 28.1 Å². The molecular weight excluding hydrogens is 269 g/mol. The van der Waals surface area contributed by atoms with E-state index >= 15 is 0 Å². The van der Waals surface area contributed by atoms with Crippen molar-refractivity contribution in [3.05, 3.63) is 39.4 Å². The second kappa shape index (κ2) is 5.65. The molecule has 0 radical (unpaired) electrons. The molecule has 1 rings (SSSR count). The molecule has 1 aromatic carbocycles. The highest BCUT2D eigenvalue weighted by Gasteiger charge is 2.28. The summed E-state index contributed by atoms with van der Waals surface area (Å²) in [6.07, 6.45) is -4.56. The van der Waals surface area contributed by atoms with Gasteiger partial charge in [-0.15, -0.1) is 0 Å². The molecule has 0 spiro atoms. The zero-order chi connectivity index (χ0) is 14.6. The third-order valence-electron chi connectivity index (χ3n) is 2.07. The summed E-state index contributed by atoms with van der Waals surface area (Å²) in [6.45, 7) is -0.198. The highest BCUT2D eigenvalue weighted by Crippen LogP contribution is 2.17. The lowest BCUT2D eigenvalue weighted by atomic mass is 10.1. The molecule has 0 unspecified atom stereocenters. The lowest BCUT2D eigenvalue weighted by molar-refractivity contribution is -0.384. The number of hydrogen-bond acceptors (Lipinski definition) is 4. The Morgan fingerprint density at radius 3 is 2.58 bits per heavy atom. The van der Waals surface area contributed by atoms with E-state index in [4.69, 9.17) is 0 Å². The van der Waals surface area contributed by atoms with Crippen LogP contribution in [0, 0.1) is 17.0 Å². The number of nitrogens with zero attached hydrogens (tertiary/aromatic N) is 1. The zero-order valence-electron chi connectivity index (χ0n) is 9.65. The van der Waals surface area contributed by atoms with Gasteiger partial charge in [0.1, 0.15) is 0 Å². The molecule has 104 valence electrons. The van der Waals surface area contributed by atoms with E-state index in [0.29, 0.717) is 0 Å². The Hall–Kier alpha value is -2.16. The highest BCUT2D eigenvalue weighted by atomic mass is 19.4. The van der Waals surface area contributed by atoms with Crippen LogP contribution in [0.15, 0.2) is 18.2 Å². The van der Waals surface area contributed by atoms with Crippen molar-refractivity contribution in [1.29, 1.82) is 0 Å². The third-order valence-corrected chi connectivity index (χ3v) is 2.07. The number of benzene rings is 1. The Bertz CT molecular complexity index is 502. The molecule has 1 amide bonds. The topological polar surface area (TPSA) is 81.5 Å². The van der Waals surface area contributed by atoms with Gasteiger partial charge in [0.05, 0.1) is 4.92 Å². The maximum absolute atomic E-state index is 11.8. The predicted molar refractivity (Wildman–Crippen MR) is 57.3 cm³/mol. The van der Waals surface area contributed by atoms with Crippen molar-refractivity contribution in [1.82, 2.24) is 5.48 Å². The maximum Gasteiger partial charge on any atom is 0.414 e. The highest BCUT2D eigenvalue weighted by molar-refractivity contribution is 5.95. The molecule has 0 saturated carbocycles. The second-order valence-corrected chi connectivity index (χ2v) is 3.59. The van der Waals surface area contributed by atoms with Crippen LogP contribution in [0.2, 0.25) is 0 Å². The molecule has 6 nitrogen and oxygen atoms in total. The number of rotatable bonds is 4. The van der Waals surface area contributed by atoms with E-state index < -0.39 is 23.6 Å². The number of hydrogen-bond donors (Lipinski definition) is 1. The van der Waals surface area contributed by atoms with Crippen LogP contribution >= 0.6 is 0 Å². The average molecular weight is 278 g/mol. The first-order chi connectivity index (χ1) is 8.70. The number of nitro benzene ring substituents is 1. The number of nitro groups is 1. The standard InChI is InChI=1S/C10H9F3N2O4/c1-6-4-7(15(17)18)2-3-8(6)9(16)14-19-5-10(11,12)13/h2-4H,5H2,1H3,(H,14,16). The van der Waals surface area contributed by atoms with Gasteiger partial charge < -0.3 is 0 Å². The van der Waals surface area contributed by atoms with E-state index in [-0.39, 0.29) is 16.8 Å². The Morgan fingerprint density at radius 1 is 1.47 bits per heavy atom. The second-order valence-electron chi connectivity index (χ2n) is 3.59. The Labute approximate surface area is 105 Å². The number of aryl methyl sites for hydroxylation is 1. The predicted octanol–water partition coefficient (Wildman–Crippen LogP) is 2.13. The number of non-ortho nitro benzene ring substituents is 1.